The van der Waals surface area contributed by atoms with Crippen LogP contribution in [0.4, 0.5) is 11.4 Å². The summed E-state index contributed by atoms with van der Waals surface area (Å²) in [7, 11) is 2.12. The molecule has 3 rings (SSSR count). The minimum atomic E-state index is 0.691. The number of fused-ring (bicyclic) bond motifs is 1. The second-order valence-electron chi connectivity index (χ2n) is 5.59. The predicted molar refractivity (Wildman–Crippen MR) is 100 cm³/mol. The lowest BCUT2D eigenvalue weighted by molar-refractivity contribution is 0.897. The van der Waals surface area contributed by atoms with E-state index in [1.165, 1.54) is 11.3 Å². The zero-order valence-electron chi connectivity index (χ0n) is 13.5. The van der Waals surface area contributed by atoms with Crippen molar-refractivity contribution in [2.45, 2.75) is 0 Å². The van der Waals surface area contributed by atoms with Crippen LogP contribution < -0.4 is 10.2 Å². The van der Waals surface area contributed by atoms with Gasteiger partial charge in [-0.1, -0.05) is 36.4 Å². The minimum absolute atomic E-state index is 0.691. The van der Waals surface area contributed by atoms with Gasteiger partial charge in [0.25, 0.3) is 0 Å². The van der Waals surface area contributed by atoms with Gasteiger partial charge in [-0.15, -0.1) is 0 Å². The van der Waals surface area contributed by atoms with Crippen LogP contribution in [0, 0.1) is 6.92 Å². The number of rotatable bonds is 4. The lowest BCUT2D eigenvalue weighted by atomic mass is 10.1. The Labute approximate surface area is 138 Å². The standard InChI is InChI=1S/C20H22N3/c1-3-21-17-11-8-16(9-12-17)10-13-19-18-6-4-5-7-20(18)23(2)15-14-22-19/h4-13,21H,1,3,14-15H2,2H3/b13-10+. The van der Waals surface area contributed by atoms with E-state index in [0.717, 1.165) is 30.1 Å². The van der Waals surface area contributed by atoms with Crippen LogP contribution in [0.2, 0.25) is 0 Å². The summed E-state index contributed by atoms with van der Waals surface area (Å²) in [5.74, 6) is 0. The Morgan fingerprint density at radius 3 is 2.70 bits per heavy atom. The molecule has 0 saturated carbocycles. The van der Waals surface area contributed by atoms with Gasteiger partial charge in [-0.2, -0.15) is 0 Å². The van der Waals surface area contributed by atoms with E-state index >= 15 is 0 Å². The van der Waals surface area contributed by atoms with Crippen LogP contribution in [0.3, 0.4) is 0 Å². The third-order valence-electron chi connectivity index (χ3n) is 3.98. The largest absolute Gasteiger partial charge is 0.385 e. The average molecular weight is 304 g/mol. The van der Waals surface area contributed by atoms with Gasteiger partial charge in [0.15, 0.2) is 0 Å². The number of hydrogen-bond acceptors (Lipinski definition) is 3. The molecular formula is C20H22N3. The molecular weight excluding hydrogens is 282 g/mol. The number of allylic oxidation sites excluding steroid dienone is 1. The number of anilines is 2. The number of aliphatic imine (C=N–C) groups is 1. The highest BCUT2D eigenvalue weighted by atomic mass is 15.1. The fraction of sp³-hybridized carbons (Fsp3) is 0.200. The van der Waals surface area contributed by atoms with Crippen molar-refractivity contribution in [3.63, 3.8) is 0 Å². The third kappa shape index (κ3) is 3.62. The molecule has 0 spiro atoms. The van der Waals surface area contributed by atoms with Crippen molar-refractivity contribution in [3.05, 3.63) is 72.7 Å². The van der Waals surface area contributed by atoms with E-state index in [4.69, 9.17) is 4.99 Å². The van der Waals surface area contributed by atoms with Crippen molar-refractivity contribution in [3.8, 4) is 0 Å². The number of benzene rings is 2. The van der Waals surface area contributed by atoms with Gasteiger partial charge in [-0.25, -0.2) is 0 Å². The molecule has 1 heterocycles. The van der Waals surface area contributed by atoms with E-state index in [9.17, 15) is 0 Å². The summed E-state index contributed by atoms with van der Waals surface area (Å²) in [6.45, 7) is 6.24. The molecule has 3 heteroatoms. The second kappa shape index (κ2) is 7.14. The molecule has 0 unspecified atom stereocenters. The molecule has 117 valence electrons. The van der Waals surface area contributed by atoms with Gasteiger partial charge in [0.05, 0.1) is 12.3 Å². The molecule has 0 atom stereocenters. The average Bonchev–Trinajstić information content (AvgIpc) is 2.74. The quantitative estimate of drug-likeness (QED) is 0.928. The first-order valence-electron chi connectivity index (χ1n) is 7.94. The first kappa shape index (κ1) is 15.3. The number of nitrogens with zero attached hydrogens (tertiary/aromatic N) is 2. The molecule has 0 bridgehead atoms. The highest BCUT2D eigenvalue weighted by Gasteiger charge is 2.13. The molecule has 1 radical (unpaired) electrons. The van der Waals surface area contributed by atoms with Crippen molar-refractivity contribution in [1.82, 2.24) is 0 Å². The summed E-state index contributed by atoms with van der Waals surface area (Å²) < 4.78 is 0. The van der Waals surface area contributed by atoms with Gasteiger partial charge in [-0.05, 0) is 36.8 Å². The molecule has 0 fully saturated rings. The van der Waals surface area contributed by atoms with Crippen LogP contribution in [0.5, 0.6) is 0 Å². The van der Waals surface area contributed by atoms with Crippen LogP contribution in [0.1, 0.15) is 11.1 Å². The van der Waals surface area contributed by atoms with Crippen molar-refractivity contribution >= 4 is 23.2 Å². The first-order chi connectivity index (χ1) is 11.3. The van der Waals surface area contributed by atoms with Crippen molar-refractivity contribution in [1.29, 1.82) is 0 Å². The molecule has 1 aliphatic heterocycles. The lowest BCUT2D eigenvalue weighted by Crippen LogP contribution is -2.20. The number of hydrogen-bond donors (Lipinski definition) is 1. The second-order valence-corrected chi connectivity index (χ2v) is 5.59. The maximum absolute atomic E-state index is 4.74. The van der Waals surface area contributed by atoms with Crippen LogP contribution in [-0.4, -0.2) is 32.4 Å². The van der Waals surface area contributed by atoms with E-state index in [1.54, 1.807) is 0 Å². The molecule has 3 nitrogen and oxygen atoms in total. The summed E-state index contributed by atoms with van der Waals surface area (Å²) >= 11 is 0. The lowest BCUT2D eigenvalue weighted by Gasteiger charge is -2.18. The molecule has 1 aliphatic rings. The smallest absolute Gasteiger partial charge is 0.0668 e. The first-order valence-corrected chi connectivity index (χ1v) is 7.94. The maximum atomic E-state index is 4.74. The summed E-state index contributed by atoms with van der Waals surface area (Å²) in [5, 5.41) is 3.20. The van der Waals surface area contributed by atoms with E-state index in [0.29, 0.717) is 6.54 Å². The number of benzodiazepines with no additional fused rings is 1. The highest BCUT2D eigenvalue weighted by molar-refractivity contribution is 6.14. The third-order valence-corrected chi connectivity index (χ3v) is 3.98. The highest BCUT2D eigenvalue weighted by Crippen LogP contribution is 2.23. The Morgan fingerprint density at radius 2 is 1.91 bits per heavy atom. The van der Waals surface area contributed by atoms with Crippen LogP contribution >= 0.6 is 0 Å². The fourth-order valence-corrected chi connectivity index (χ4v) is 2.72. The summed E-state index contributed by atoms with van der Waals surface area (Å²) in [5.41, 5.74) is 5.74. The van der Waals surface area contributed by atoms with E-state index in [1.807, 2.05) is 0 Å². The van der Waals surface area contributed by atoms with Gasteiger partial charge >= 0.3 is 0 Å². The van der Waals surface area contributed by atoms with Crippen molar-refractivity contribution < 1.29 is 0 Å². The van der Waals surface area contributed by atoms with Gasteiger partial charge in [0, 0.05) is 37.1 Å². The maximum Gasteiger partial charge on any atom is 0.0668 e. The number of likely N-dealkylation sites (N-methyl/N-ethyl adjacent to an activating group) is 1. The van der Waals surface area contributed by atoms with Gasteiger partial charge in [-0.3, -0.25) is 4.99 Å². The Hall–Kier alpha value is -2.55. The predicted octanol–water partition coefficient (Wildman–Crippen LogP) is 3.88. The molecule has 1 N–H and O–H groups in total. The van der Waals surface area contributed by atoms with Crippen LogP contribution in [-0.2, 0) is 0 Å². The molecule has 0 aromatic heterocycles. The SMILES string of the molecule is [CH2]CNc1ccc(/C=C/C2=NCCN(C)c3ccccc32)cc1. The van der Waals surface area contributed by atoms with Crippen molar-refractivity contribution in [2.75, 3.05) is 36.9 Å². The molecule has 2 aromatic rings. The molecule has 0 saturated heterocycles. The topological polar surface area (TPSA) is 27.6 Å². The Balaban J connectivity index is 1.84. The van der Waals surface area contributed by atoms with Gasteiger partial charge in [0.2, 0.25) is 0 Å². The van der Waals surface area contributed by atoms with E-state index in [2.05, 4.69) is 84.9 Å². The molecule has 23 heavy (non-hydrogen) atoms. The van der Waals surface area contributed by atoms with Crippen molar-refractivity contribution in [2.24, 2.45) is 4.99 Å². The van der Waals surface area contributed by atoms with Gasteiger partial charge in [0.1, 0.15) is 0 Å². The number of para-hydroxylation sites is 1. The molecule has 0 aliphatic carbocycles. The van der Waals surface area contributed by atoms with Gasteiger partial charge < -0.3 is 10.2 Å². The summed E-state index contributed by atoms with van der Waals surface area (Å²) in [6, 6.07) is 16.8. The zero-order valence-corrected chi connectivity index (χ0v) is 13.5. The van der Waals surface area contributed by atoms with Crippen LogP contribution in [0.15, 0.2) is 59.6 Å². The minimum Gasteiger partial charge on any atom is -0.385 e. The molecule has 0 amide bonds. The number of nitrogens with one attached hydrogen (secondary N) is 1. The summed E-state index contributed by atoms with van der Waals surface area (Å²) in [4.78, 5) is 7.01. The molecule has 2 aromatic carbocycles. The van der Waals surface area contributed by atoms with E-state index < -0.39 is 0 Å². The zero-order chi connectivity index (χ0) is 16.1. The monoisotopic (exact) mass is 304 g/mol. The van der Waals surface area contributed by atoms with Crippen LogP contribution in [0.25, 0.3) is 6.08 Å². The summed E-state index contributed by atoms with van der Waals surface area (Å²) in [6.07, 6.45) is 4.23. The Morgan fingerprint density at radius 1 is 1.13 bits per heavy atom. The Kier molecular flexibility index (Phi) is 4.77. The Bertz CT molecular complexity index is 714. The van der Waals surface area contributed by atoms with E-state index in [-0.39, 0.29) is 0 Å². The fourth-order valence-electron chi connectivity index (χ4n) is 2.72. The normalized spacial score (nSPS) is 14.3.